The summed E-state index contributed by atoms with van der Waals surface area (Å²) in [5.74, 6) is 0. The average Bonchev–Trinajstić information content (AvgIpc) is 2.71. The highest BCUT2D eigenvalue weighted by molar-refractivity contribution is 6.75. The predicted octanol–water partition coefficient (Wildman–Crippen LogP) is 3.91. The van der Waals surface area contributed by atoms with E-state index in [-0.39, 0.29) is 0 Å². The maximum Gasteiger partial charge on any atom is 0.537 e. The van der Waals surface area contributed by atoms with Crippen LogP contribution in [0.5, 0.6) is 0 Å². The molecule has 0 spiro atoms. The van der Waals surface area contributed by atoms with Gasteiger partial charge in [-0.05, 0) is 11.1 Å². The summed E-state index contributed by atoms with van der Waals surface area (Å²) in [6.07, 6.45) is 0. The second-order valence-corrected chi connectivity index (χ2v) is 8.35. The normalized spacial score (nSPS) is 11.4. The van der Waals surface area contributed by atoms with E-state index in [2.05, 4.69) is 0 Å². The third-order valence-corrected chi connectivity index (χ3v) is 6.57. The molecule has 0 unspecified atom stereocenters. The Morgan fingerprint density at radius 1 is 0.600 bits per heavy atom. The van der Waals surface area contributed by atoms with Gasteiger partial charge in [0, 0.05) is 12.3 Å². The first-order chi connectivity index (χ1) is 12.3. The van der Waals surface area contributed by atoms with Crippen molar-refractivity contribution in [3.05, 3.63) is 102 Å². The molecule has 0 atom stereocenters. The van der Waals surface area contributed by atoms with Crippen LogP contribution in [0, 0.1) is 0 Å². The zero-order valence-corrected chi connectivity index (χ0v) is 15.3. The van der Waals surface area contributed by atoms with Crippen molar-refractivity contribution < 1.29 is 13.3 Å². The van der Waals surface area contributed by atoms with Gasteiger partial charge in [0.05, 0.1) is 13.2 Å². The fourth-order valence-corrected chi connectivity index (χ4v) is 4.79. The van der Waals surface area contributed by atoms with Gasteiger partial charge >= 0.3 is 8.80 Å². The van der Waals surface area contributed by atoms with Gasteiger partial charge in [-0.3, -0.25) is 0 Å². The zero-order chi connectivity index (χ0) is 17.4. The summed E-state index contributed by atoms with van der Waals surface area (Å²) in [6, 6.07) is 30.1. The number of rotatable bonds is 8. The summed E-state index contributed by atoms with van der Waals surface area (Å²) in [7, 11) is -1.35. The van der Waals surface area contributed by atoms with Crippen molar-refractivity contribution in [2.24, 2.45) is 0 Å². The van der Waals surface area contributed by atoms with E-state index in [0.717, 1.165) is 16.3 Å². The Morgan fingerprint density at radius 2 is 1.00 bits per heavy atom. The largest absolute Gasteiger partial charge is 0.537 e. The molecule has 3 aromatic rings. The maximum atomic E-state index is 6.27. The van der Waals surface area contributed by atoms with Gasteiger partial charge in [0.25, 0.3) is 0 Å². The van der Waals surface area contributed by atoms with Gasteiger partial charge in [0.2, 0.25) is 0 Å². The van der Waals surface area contributed by atoms with E-state index < -0.39 is 8.80 Å². The van der Waals surface area contributed by atoms with Gasteiger partial charge in [0.15, 0.2) is 0 Å². The van der Waals surface area contributed by atoms with Crippen LogP contribution < -0.4 is 5.19 Å². The molecule has 0 N–H and O–H groups in total. The molecular weight excluding hydrogens is 328 g/mol. The summed E-state index contributed by atoms with van der Waals surface area (Å²) in [5, 5.41) is 0.962. The number of hydrogen-bond acceptors (Lipinski definition) is 3. The highest BCUT2D eigenvalue weighted by Gasteiger charge is 2.43. The van der Waals surface area contributed by atoms with Crippen molar-refractivity contribution in [2.45, 2.75) is 13.2 Å². The lowest BCUT2D eigenvalue weighted by atomic mass is 10.2. The molecule has 0 amide bonds. The molecule has 0 saturated carbocycles. The van der Waals surface area contributed by atoms with E-state index in [4.69, 9.17) is 13.3 Å². The smallest absolute Gasteiger partial charge is 0.373 e. The Morgan fingerprint density at radius 3 is 1.40 bits per heavy atom. The van der Waals surface area contributed by atoms with Gasteiger partial charge in [0.1, 0.15) is 0 Å². The van der Waals surface area contributed by atoms with E-state index in [9.17, 15) is 0 Å². The van der Waals surface area contributed by atoms with E-state index in [1.165, 1.54) is 0 Å². The number of hydrogen-bond donors (Lipinski definition) is 0. The third-order valence-electron chi connectivity index (χ3n) is 3.94. The Labute approximate surface area is 150 Å². The van der Waals surface area contributed by atoms with Gasteiger partial charge in [-0.15, -0.1) is 0 Å². The SMILES string of the molecule is CO[Si](OCc1ccccc1)(OCc1ccccc1)c1ccccc1. The molecular formula is C21H22O3Si. The topological polar surface area (TPSA) is 27.7 Å². The molecule has 3 nitrogen and oxygen atoms in total. The van der Waals surface area contributed by atoms with Crippen LogP contribution in [0.2, 0.25) is 0 Å². The Balaban J connectivity index is 1.81. The Hall–Kier alpha value is -2.24. The highest BCUT2D eigenvalue weighted by atomic mass is 28.4. The molecule has 3 rings (SSSR count). The minimum absolute atomic E-state index is 0.449. The van der Waals surface area contributed by atoms with Gasteiger partial charge in [-0.1, -0.05) is 91.0 Å². The number of benzene rings is 3. The molecule has 128 valence electrons. The third kappa shape index (κ3) is 4.65. The lowest BCUT2D eigenvalue weighted by molar-refractivity contribution is 0.0795. The molecule has 0 saturated heterocycles. The molecule has 3 aromatic carbocycles. The van der Waals surface area contributed by atoms with Crippen molar-refractivity contribution >= 4 is 14.0 Å². The molecule has 0 aliphatic rings. The summed E-state index contributed by atoms with van der Waals surface area (Å²) in [5.41, 5.74) is 2.19. The van der Waals surface area contributed by atoms with Gasteiger partial charge < -0.3 is 13.3 Å². The first-order valence-corrected chi connectivity index (χ1v) is 10.0. The van der Waals surface area contributed by atoms with Crippen LogP contribution in [-0.2, 0) is 26.5 Å². The molecule has 0 aliphatic heterocycles. The maximum absolute atomic E-state index is 6.27. The van der Waals surface area contributed by atoms with Gasteiger partial charge in [-0.2, -0.15) is 0 Å². The molecule has 0 bridgehead atoms. The van der Waals surface area contributed by atoms with Crippen molar-refractivity contribution in [3.63, 3.8) is 0 Å². The van der Waals surface area contributed by atoms with Crippen LogP contribution in [-0.4, -0.2) is 15.9 Å². The molecule has 0 radical (unpaired) electrons. The minimum Gasteiger partial charge on any atom is -0.373 e. The Bertz CT molecular complexity index is 704. The molecule has 0 aliphatic carbocycles. The monoisotopic (exact) mass is 350 g/mol. The molecule has 0 heterocycles. The van der Waals surface area contributed by atoms with Crippen molar-refractivity contribution in [1.82, 2.24) is 0 Å². The van der Waals surface area contributed by atoms with E-state index in [0.29, 0.717) is 13.2 Å². The quantitative estimate of drug-likeness (QED) is 0.577. The first kappa shape index (κ1) is 17.6. The fraction of sp³-hybridized carbons (Fsp3) is 0.143. The standard InChI is InChI=1S/C21H22O3Si/c1-22-25(21-15-9-4-10-16-21,23-17-19-11-5-2-6-12-19)24-18-20-13-7-3-8-14-20/h2-16H,17-18H2,1H3. The van der Waals surface area contributed by atoms with Crippen LogP contribution in [0.4, 0.5) is 0 Å². The van der Waals surface area contributed by atoms with Crippen molar-refractivity contribution in [1.29, 1.82) is 0 Å². The second-order valence-electron chi connectivity index (χ2n) is 5.67. The first-order valence-electron chi connectivity index (χ1n) is 8.29. The minimum atomic E-state index is -3.01. The van der Waals surface area contributed by atoms with Crippen LogP contribution in [0.1, 0.15) is 11.1 Å². The molecule has 0 aromatic heterocycles. The fourth-order valence-electron chi connectivity index (χ4n) is 2.59. The van der Waals surface area contributed by atoms with Crippen LogP contribution >= 0.6 is 0 Å². The molecule has 4 heteroatoms. The van der Waals surface area contributed by atoms with Crippen molar-refractivity contribution in [3.8, 4) is 0 Å². The van der Waals surface area contributed by atoms with Gasteiger partial charge in [-0.25, -0.2) is 0 Å². The lowest BCUT2D eigenvalue weighted by Crippen LogP contribution is -2.55. The van der Waals surface area contributed by atoms with Crippen LogP contribution in [0.3, 0.4) is 0 Å². The van der Waals surface area contributed by atoms with Crippen LogP contribution in [0.25, 0.3) is 0 Å². The average molecular weight is 350 g/mol. The summed E-state index contributed by atoms with van der Waals surface area (Å²) >= 11 is 0. The van der Waals surface area contributed by atoms with E-state index in [1.54, 1.807) is 7.11 Å². The lowest BCUT2D eigenvalue weighted by Gasteiger charge is -2.28. The zero-order valence-electron chi connectivity index (χ0n) is 14.3. The van der Waals surface area contributed by atoms with E-state index in [1.807, 2.05) is 91.0 Å². The molecule has 0 fully saturated rings. The van der Waals surface area contributed by atoms with E-state index >= 15 is 0 Å². The summed E-state index contributed by atoms with van der Waals surface area (Å²) < 4.78 is 18.4. The predicted molar refractivity (Wildman–Crippen MR) is 101 cm³/mol. The van der Waals surface area contributed by atoms with Crippen LogP contribution in [0.15, 0.2) is 91.0 Å². The van der Waals surface area contributed by atoms with Crippen molar-refractivity contribution in [2.75, 3.05) is 7.11 Å². The Kier molecular flexibility index (Phi) is 6.14. The second kappa shape index (κ2) is 8.74. The summed E-state index contributed by atoms with van der Waals surface area (Å²) in [4.78, 5) is 0. The summed E-state index contributed by atoms with van der Waals surface area (Å²) in [6.45, 7) is 0.898. The highest BCUT2D eigenvalue weighted by Crippen LogP contribution is 2.16. The molecule has 25 heavy (non-hydrogen) atoms.